The fourth-order valence-electron chi connectivity index (χ4n) is 3.07. The second-order valence-electron chi connectivity index (χ2n) is 6.87. The van der Waals surface area contributed by atoms with Crippen LogP contribution in [-0.4, -0.2) is 35.2 Å². The highest BCUT2D eigenvalue weighted by molar-refractivity contribution is 5.78. The molecular formula is C24H27N3O4. The van der Waals surface area contributed by atoms with Gasteiger partial charge in [-0.3, -0.25) is 14.2 Å². The monoisotopic (exact) mass is 421 g/mol. The van der Waals surface area contributed by atoms with Crippen molar-refractivity contribution in [1.29, 1.82) is 0 Å². The lowest BCUT2D eigenvalue weighted by atomic mass is 10.1. The van der Waals surface area contributed by atoms with Gasteiger partial charge in [0.25, 0.3) is 5.56 Å². The Bertz CT molecular complexity index is 1040. The number of carbonyl (C=O) groups excluding carboxylic acids is 1. The van der Waals surface area contributed by atoms with Crippen molar-refractivity contribution in [3.63, 3.8) is 0 Å². The summed E-state index contributed by atoms with van der Waals surface area (Å²) in [7, 11) is 0. The fraction of sp³-hybridized carbons (Fsp3) is 0.292. The van der Waals surface area contributed by atoms with Crippen molar-refractivity contribution >= 4 is 5.91 Å². The standard InChI is InChI=1S/C24H27N3O4/c1-3-30-20-9-5-18(6-10-20)15-23(28)25-13-14-27-17-26-22(16-24(27)29)19-7-11-21(12-8-19)31-4-2/h5-12,16-17H,3-4,13-15H2,1-2H3,(H,25,28). The lowest BCUT2D eigenvalue weighted by molar-refractivity contribution is -0.120. The molecule has 1 amide bonds. The molecule has 1 aromatic heterocycles. The van der Waals surface area contributed by atoms with E-state index in [2.05, 4.69) is 10.3 Å². The van der Waals surface area contributed by atoms with Crippen molar-refractivity contribution in [2.24, 2.45) is 0 Å². The Hall–Kier alpha value is -3.61. The molecule has 0 fully saturated rings. The van der Waals surface area contributed by atoms with Gasteiger partial charge in [-0.15, -0.1) is 0 Å². The topological polar surface area (TPSA) is 82.4 Å². The van der Waals surface area contributed by atoms with Crippen LogP contribution >= 0.6 is 0 Å². The Morgan fingerprint density at radius 2 is 1.58 bits per heavy atom. The Kier molecular flexibility index (Phi) is 7.81. The summed E-state index contributed by atoms with van der Waals surface area (Å²) in [6.07, 6.45) is 1.78. The fourth-order valence-corrected chi connectivity index (χ4v) is 3.07. The molecule has 0 bridgehead atoms. The van der Waals surface area contributed by atoms with Crippen molar-refractivity contribution in [3.8, 4) is 22.8 Å². The summed E-state index contributed by atoms with van der Waals surface area (Å²) in [4.78, 5) is 28.9. The summed E-state index contributed by atoms with van der Waals surface area (Å²) in [6, 6.07) is 16.4. The Morgan fingerprint density at radius 3 is 2.16 bits per heavy atom. The van der Waals surface area contributed by atoms with E-state index in [9.17, 15) is 9.59 Å². The highest BCUT2D eigenvalue weighted by Gasteiger charge is 2.06. The molecule has 0 aliphatic carbocycles. The molecule has 0 aliphatic heterocycles. The highest BCUT2D eigenvalue weighted by atomic mass is 16.5. The zero-order valence-electron chi connectivity index (χ0n) is 17.8. The molecule has 0 saturated carbocycles. The smallest absolute Gasteiger partial charge is 0.253 e. The normalized spacial score (nSPS) is 10.5. The molecule has 0 aliphatic rings. The van der Waals surface area contributed by atoms with E-state index < -0.39 is 0 Å². The predicted molar refractivity (Wildman–Crippen MR) is 119 cm³/mol. The van der Waals surface area contributed by atoms with Gasteiger partial charge >= 0.3 is 0 Å². The molecule has 0 spiro atoms. The molecular weight excluding hydrogens is 394 g/mol. The van der Waals surface area contributed by atoms with E-state index in [4.69, 9.17) is 9.47 Å². The first-order valence-electron chi connectivity index (χ1n) is 10.4. The van der Waals surface area contributed by atoms with Crippen LogP contribution in [0.25, 0.3) is 11.3 Å². The third-order valence-electron chi connectivity index (χ3n) is 4.61. The number of carbonyl (C=O) groups is 1. The first-order chi connectivity index (χ1) is 15.1. The van der Waals surface area contributed by atoms with E-state index >= 15 is 0 Å². The molecule has 1 heterocycles. The molecule has 7 nitrogen and oxygen atoms in total. The maximum Gasteiger partial charge on any atom is 0.253 e. The van der Waals surface area contributed by atoms with Crippen LogP contribution < -0.4 is 20.3 Å². The molecule has 0 radical (unpaired) electrons. The SMILES string of the molecule is CCOc1ccc(CC(=O)NCCn2cnc(-c3ccc(OCC)cc3)cc2=O)cc1. The van der Waals surface area contributed by atoms with E-state index in [1.807, 2.05) is 62.4 Å². The minimum absolute atomic E-state index is 0.101. The van der Waals surface area contributed by atoms with Crippen LogP contribution in [0.2, 0.25) is 0 Å². The molecule has 7 heteroatoms. The van der Waals surface area contributed by atoms with Gasteiger partial charge in [0.15, 0.2) is 0 Å². The van der Waals surface area contributed by atoms with Gasteiger partial charge in [-0.05, 0) is 55.8 Å². The third kappa shape index (κ3) is 6.44. The van der Waals surface area contributed by atoms with Gasteiger partial charge in [0.1, 0.15) is 11.5 Å². The first-order valence-corrected chi connectivity index (χ1v) is 10.4. The average Bonchev–Trinajstić information content (AvgIpc) is 2.77. The van der Waals surface area contributed by atoms with Crippen LogP contribution in [0.15, 0.2) is 65.7 Å². The number of hydrogen-bond acceptors (Lipinski definition) is 5. The number of amides is 1. The molecule has 3 aromatic rings. The maximum atomic E-state index is 12.4. The summed E-state index contributed by atoms with van der Waals surface area (Å²) < 4.78 is 12.3. The number of nitrogens with zero attached hydrogens (tertiary/aromatic N) is 2. The van der Waals surface area contributed by atoms with Crippen molar-refractivity contribution in [1.82, 2.24) is 14.9 Å². The summed E-state index contributed by atoms with van der Waals surface area (Å²) >= 11 is 0. The first kappa shape index (κ1) is 22.1. The van der Waals surface area contributed by atoms with Crippen LogP contribution in [0.5, 0.6) is 11.5 Å². The van der Waals surface area contributed by atoms with E-state index in [0.717, 1.165) is 22.6 Å². The van der Waals surface area contributed by atoms with Crippen molar-refractivity contribution in [2.45, 2.75) is 26.8 Å². The molecule has 0 atom stereocenters. The maximum absolute atomic E-state index is 12.4. The number of ether oxygens (including phenoxy) is 2. The average molecular weight is 421 g/mol. The van der Waals surface area contributed by atoms with E-state index in [1.165, 1.54) is 17.0 Å². The van der Waals surface area contributed by atoms with Gasteiger partial charge in [-0.2, -0.15) is 0 Å². The summed E-state index contributed by atoms with van der Waals surface area (Å²) in [5, 5.41) is 2.84. The van der Waals surface area contributed by atoms with Crippen molar-refractivity contribution < 1.29 is 14.3 Å². The summed E-state index contributed by atoms with van der Waals surface area (Å²) in [5.41, 5.74) is 2.18. The van der Waals surface area contributed by atoms with Gasteiger partial charge < -0.3 is 14.8 Å². The minimum atomic E-state index is -0.167. The zero-order valence-corrected chi connectivity index (χ0v) is 17.8. The Balaban J connectivity index is 1.51. The van der Waals surface area contributed by atoms with E-state index in [1.54, 1.807) is 0 Å². The highest BCUT2D eigenvalue weighted by Crippen LogP contribution is 2.19. The summed E-state index contributed by atoms with van der Waals surface area (Å²) in [5.74, 6) is 1.46. The number of hydrogen-bond donors (Lipinski definition) is 1. The molecule has 31 heavy (non-hydrogen) atoms. The van der Waals surface area contributed by atoms with Crippen LogP contribution in [0.4, 0.5) is 0 Å². The van der Waals surface area contributed by atoms with Gasteiger partial charge in [0, 0.05) is 24.7 Å². The molecule has 1 N–H and O–H groups in total. The minimum Gasteiger partial charge on any atom is -0.494 e. The molecule has 0 saturated heterocycles. The Morgan fingerprint density at radius 1 is 0.968 bits per heavy atom. The number of benzene rings is 2. The van der Waals surface area contributed by atoms with Gasteiger partial charge in [-0.1, -0.05) is 12.1 Å². The third-order valence-corrected chi connectivity index (χ3v) is 4.61. The van der Waals surface area contributed by atoms with Crippen LogP contribution in [-0.2, 0) is 17.8 Å². The van der Waals surface area contributed by atoms with Gasteiger partial charge in [0.05, 0.1) is 31.7 Å². The van der Waals surface area contributed by atoms with Crippen molar-refractivity contribution in [3.05, 3.63) is 76.8 Å². The largest absolute Gasteiger partial charge is 0.494 e. The van der Waals surface area contributed by atoms with Crippen LogP contribution in [0, 0.1) is 0 Å². The van der Waals surface area contributed by atoms with Crippen molar-refractivity contribution in [2.75, 3.05) is 19.8 Å². The summed E-state index contributed by atoms with van der Waals surface area (Å²) in [6.45, 7) is 5.76. The lowest BCUT2D eigenvalue weighted by Crippen LogP contribution is -2.31. The Labute approximate surface area is 181 Å². The lowest BCUT2D eigenvalue weighted by Gasteiger charge is -2.09. The molecule has 3 rings (SSSR count). The number of nitrogens with one attached hydrogen (secondary N) is 1. The van der Waals surface area contributed by atoms with Crippen LogP contribution in [0.1, 0.15) is 19.4 Å². The second kappa shape index (κ2) is 11.0. The second-order valence-corrected chi connectivity index (χ2v) is 6.87. The number of rotatable bonds is 10. The quantitative estimate of drug-likeness (QED) is 0.544. The van der Waals surface area contributed by atoms with E-state index in [0.29, 0.717) is 32.0 Å². The van der Waals surface area contributed by atoms with E-state index in [-0.39, 0.29) is 17.9 Å². The molecule has 162 valence electrons. The zero-order chi connectivity index (χ0) is 22.1. The van der Waals surface area contributed by atoms with Gasteiger partial charge in [0.2, 0.25) is 5.91 Å². The van der Waals surface area contributed by atoms with Crippen LogP contribution in [0.3, 0.4) is 0 Å². The number of aromatic nitrogens is 2. The molecule has 2 aromatic carbocycles. The predicted octanol–water partition coefficient (Wildman–Crippen LogP) is 3.07. The van der Waals surface area contributed by atoms with Gasteiger partial charge in [-0.25, -0.2) is 4.98 Å². The molecule has 0 unspecified atom stereocenters.